The molecule has 0 amide bonds. The molecule has 7 nitrogen and oxygen atoms in total. The van der Waals surface area contributed by atoms with Crippen molar-refractivity contribution >= 4 is 24.7 Å². The lowest BCUT2D eigenvalue weighted by atomic mass is 9.43. The summed E-state index contributed by atoms with van der Waals surface area (Å²) in [4.78, 5) is 47.5. The van der Waals surface area contributed by atoms with Gasteiger partial charge in [0.15, 0.2) is 0 Å². The largest absolute Gasteiger partial charge is 0.469 e. The molecule has 0 N–H and O–H groups in total. The number of methoxy groups -OCH3 is 1. The molecule has 4 rings (SSSR count). The highest BCUT2D eigenvalue weighted by atomic mass is 16.5. The lowest BCUT2D eigenvalue weighted by Crippen LogP contribution is -2.63. The van der Waals surface area contributed by atoms with E-state index in [1.165, 1.54) is 7.11 Å². The van der Waals surface area contributed by atoms with Crippen LogP contribution < -0.4 is 0 Å². The fourth-order valence-corrected chi connectivity index (χ4v) is 8.86. The van der Waals surface area contributed by atoms with E-state index in [1.807, 2.05) is 0 Å². The first-order valence-electron chi connectivity index (χ1n) is 12.5. The van der Waals surface area contributed by atoms with E-state index in [1.54, 1.807) is 0 Å². The van der Waals surface area contributed by atoms with Crippen LogP contribution in [0.5, 0.6) is 0 Å². The van der Waals surface area contributed by atoms with Gasteiger partial charge < -0.3 is 14.2 Å². The Hall–Kier alpha value is -1.92. The maximum atomic E-state index is 12.3. The molecular formula is C26H38O7. The molecule has 184 valence electrons. The Morgan fingerprint density at radius 2 is 1.85 bits per heavy atom. The summed E-state index contributed by atoms with van der Waals surface area (Å²) in [6.45, 7) is 7.73. The van der Waals surface area contributed by atoms with Gasteiger partial charge in [0.05, 0.1) is 7.11 Å². The Kier molecular flexibility index (Phi) is 6.62. The Morgan fingerprint density at radius 1 is 1.12 bits per heavy atom. The normalized spacial score (nSPS) is 45.1. The van der Waals surface area contributed by atoms with Crippen LogP contribution in [0.4, 0.5) is 0 Å². The summed E-state index contributed by atoms with van der Waals surface area (Å²) in [6, 6.07) is 0. The number of esters is 1. The number of hydrogen-bond donors (Lipinski definition) is 0. The summed E-state index contributed by atoms with van der Waals surface area (Å²) in [6.07, 6.45) is 5.12. The van der Waals surface area contributed by atoms with Crippen molar-refractivity contribution in [1.29, 1.82) is 0 Å². The molecule has 7 heteroatoms. The van der Waals surface area contributed by atoms with E-state index in [0.717, 1.165) is 25.7 Å². The average Bonchev–Trinajstić information content (AvgIpc) is 3.14. The first-order chi connectivity index (χ1) is 15.7. The molecule has 0 radical (unpaired) electrons. The van der Waals surface area contributed by atoms with Crippen molar-refractivity contribution in [3.63, 3.8) is 0 Å². The van der Waals surface area contributed by atoms with Crippen molar-refractivity contribution in [1.82, 2.24) is 0 Å². The van der Waals surface area contributed by atoms with E-state index in [-0.39, 0.29) is 64.5 Å². The number of rotatable bonds is 7. The zero-order chi connectivity index (χ0) is 24.0. The van der Waals surface area contributed by atoms with Gasteiger partial charge in [-0.05, 0) is 67.1 Å². The molecule has 0 unspecified atom stereocenters. The minimum atomic E-state index is -0.312. The van der Waals surface area contributed by atoms with Crippen molar-refractivity contribution in [3.05, 3.63) is 0 Å². The molecule has 33 heavy (non-hydrogen) atoms. The number of hydrogen-bond acceptors (Lipinski definition) is 7. The van der Waals surface area contributed by atoms with Gasteiger partial charge in [0, 0.05) is 30.6 Å². The molecule has 0 saturated heterocycles. The lowest BCUT2D eigenvalue weighted by molar-refractivity contribution is -0.213. The van der Waals surface area contributed by atoms with Gasteiger partial charge in [-0.2, -0.15) is 0 Å². The number of ketones is 1. The fourth-order valence-electron chi connectivity index (χ4n) is 8.86. The molecule has 0 aliphatic heterocycles. The van der Waals surface area contributed by atoms with Gasteiger partial charge in [-0.15, -0.1) is 0 Å². The summed E-state index contributed by atoms with van der Waals surface area (Å²) < 4.78 is 16.5. The van der Waals surface area contributed by atoms with Crippen LogP contribution in [0.25, 0.3) is 0 Å². The van der Waals surface area contributed by atoms with Crippen molar-refractivity contribution in [2.45, 2.75) is 84.3 Å². The summed E-state index contributed by atoms with van der Waals surface area (Å²) in [7, 11) is 1.41. The molecule has 0 bridgehead atoms. The zero-order valence-corrected chi connectivity index (χ0v) is 20.3. The van der Waals surface area contributed by atoms with Crippen molar-refractivity contribution in [2.24, 2.45) is 46.3 Å². The van der Waals surface area contributed by atoms with E-state index in [2.05, 4.69) is 20.8 Å². The number of carbonyl (C=O) groups excluding carboxylic acids is 4. The average molecular weight is 463 g/mol. The van der Waals surface area contributed by atoms with E-state index in [0.29, 0.717) is 44.4 Å². The van der Waals surface area contributed by atoms with Crippen molar-refractivity contribution in [2.75, 3.05) is 7.11 Å². The molecule has 4 saturated carbocycles. The third-order valence-corrected chi connectivity index (χ3v) is 10.5. The summed E-state index contributed by atoms with van der Waals surface area (Å²) in [5, 5.41) is 0. The SMILES string of the molecule is COC(=O)C[C@@H](C)[C@H]1CC[C@H]2[C@@H]3[C@H](OC=O)C[C@@H]4CC(=O)CC[C@]4(C)[C@H]3C[C@H](OC=O)[C@]12C. The number of carbonyl (C=O) groups is 4. The van der Waals surface area contributed by atoms with Gasteiger partial charge in [0.2, 0.25) is 0 Å². The topological polar surface area (TPSA) is 96.0 Å². The van der Waals surface area contributed by atoms with Crippen LogP contribution in [0.15, 0.2) is 0 Å². The molecule has 4 fully saturated rings. The van der Waals surface area contributed by atoms with Crippen LogP contribution in [-0.4, -0.2) is 44.0 Å². The van der Waals surface area contributed by atoms with Crippen LogP contribution in [-0.2, 0) is 33.4 Å². The van der Waals surface area contributed by atoms with Gasteiger partial charge >= 0.3 is 5.97 Å². The molecule has 0 heterocycles. The van der Waals surface area contributed by atoms with Gasteiger partial charge in [-0.1, -0.05) is 20.8 Å². The molecule has 4 aliphatic carbocycles. The molecule has 0 aromatic carbocycles. The Labute approximate surface area is 196 Å². The number of Topliss-reactive ketones (excluding diaryl/α,β-unsaturated/α-hetero) is 1. The first-order valence-corrected chi connectivity index (χ1v) is 12.5. The second-order valence-electron chi connectivity index (χ2n) is 11.5. The number of fused-ring (bicyclic) bond motifs is 5. The van der Waals surface area contributed by atoms with E-state index in [4.69, 9.17) is 14.2 Å². The maximum Gasteiger partial charge on any atom is 0.305 e. The van der Waals surface area contributed by atoms with Gasteiger partial charge in [-0.25, -0.2) is 0 Å². The zero-order valence-electron chi connectivity index (χ0n) is 20.3. The van der Waals surface area contributed by atoms with E-state index >= 15 is 0 Å². The van der Waals surface area contributed by atoms with Gasteiger partial charge in [0.1, 0.15) is 18.0 Å². The summed E-state index contributed by atoms with van der Waals surface area (Å²) >= 11 is 0. The molecule has 0 aromatic rings. The highest BCUT2D eigenvalue weighted by Crippen LogP contribution is 2.69. The van der Waals surface area contributed by atoms with Crippen molar-refractivity contribution in [3.8, 4) is 0 Å². The minimum absolute atomic E-state index is 0.0388. The molecule has 4 aliphatic rings. The Bertz CT molecular complexity index is 796. The van der Waals surface area contributed by atoms with Crippen LogP contribution in [0.1, 0.15) is 72.1 Å². The van der Waals surface area contributed by atoms with Crippen molar-refractivity contribution < 1.29 is 33.4 Å². The molecule has 10 atom stereocenters. The van der Waals surface area contributed by atoms with Crippen LogP contribution in [0.3, 0.4) is 0 Å². The highest BCUT2D eigenvalue weighted by Gasteiger charge is 2.67. The third kappa shape index (κ3) is 3.79. The Morgan fingerprint density at radius 3 is 2.52 bits per heavy atom. The highest BCUT2D eigenvalue weighted by molar-refractivity contribution is 5.79. The van der Waals surface area contributed by atoms with E-state index < -0.39 is 0 Å². The maximum absolute atomic E-state index is 12.3. The molecule has 0 spiro atoms. The lowest BCUT2D eigenvalue weighted by Gasteiger charge is -2.63. The van der Waals surface area contributed by atoms with Gasteiger partial charge in [-0.3, -0.25) is 19.2 Å². The summed E-state index contributed by atoms with van der Waals surface area (Å²) in [5.41, 5.74) is -0.351. The monoisotopic (exact) mass is 462 g/mol. The molecular weight excluding hydrogens is 424 g/mol. The fraction of sp³-hybridized carbons (Fsp3) is 0.846. The van der Waals surface area contributed by atoms with E-state index in [9.17, 15) is 19.2 Å². The second-order valence-corrected chi connectivity index (χ2v) is 11.5. The predicted octanol–water partition coefficient (Wildman–Crippen LogP) is 3.72. The van der Waals surface area contributed by atoms with Crippen LogP contribution in [0.2, 0.25) is 0 Å². The Balaban J connectivity index is 1.73. The molecule has 0 aromatic heterocycles. The third-order valence-electron chi connectivity index (χ3n) is 10.5. The second kappa shape index (κ2) is 9.03. The first kappa shape index (κ1) is 24.2. The standard InChI is InChI=1S/C26H38O7/c1-15(9-23(30)31-4)18-5-6-19-24-20(12-22(33-14-28)26(18,19)3)25(2)8-7-17(29)10-16(25)11-21(24)32-13-27/h13-16,18-22,24H,5-12H2,1-4H3/t15-,16+,18-,19+,20+,21-,22+,24+,25+,26-/m1/s1. The van der Waals surface area contributed by atoms with Crippen LogP contribution in [0, 0.1) is 46.3 Å². The minimum Gasteiger partial charge on any atom is -0.469 e. The predicted molar refractivity (Wildman–Crippen MR) is 119 cm³/mol. The van der Waals surface area contributed by atoms with Crippen LogP contribution >= 0.6 is 0 Å². The smallest absolute Gasteiger partial charge is 0.305 e. The van der Waals surface area contributed by atoms with Gasteiger partial charge in [0.25, 0.3) is 12.9 Å². The number of ether oxygens (including phenoxy) is 3. The quantitative estimate of drug-likeness (QED) is 0.323. The summed E-state index contributed by atoms with van der Waals surface area (Å²) in [5.74, 6) is 1.13.